The van der Waals surface area contributed by atoms with Gasteiger partial charge in [-0.25, -0.2) is 0 Å². The molecule has 1 aliphatic heterocycles. The van der Waals surface area contributed by atoms with Gasteiger partial charge in [0.25, 0.3) is 0 Å². The van der Waals surface area contributed by atoms with Crippen LogP contribution in [0.4, 0.5) is 0 Å². The first-order valence-corrected chi connectivity index (χ1v) is 13.7. The van der Waals surface area contributed by atoms with E-state index in [0.29, 0.717) is 0 Å². The Bertz CT molecular complexity index is 2070. The highest BCUT2D eigenvalue weighted by molar-refractivity contribution is 6.20. The maximum atomic E-state index is 7.86. The van der Waals surface area contributed by atoms with Crippen molar-refractivity contribution in [2.75, 3.05) is 6.54 Å². The molecule has 7 rings (SSSR count). The number of pyridine rings is 1. The molecule has 0 atom stereocenters. The van der Waals surface area contributed by atoms with Gasteiger partial charge in [0, 0.05) is 58.1 Å². The second-order valence-corrected chi connectivity index (χ2v) is 10.2. The number of fused-ring (bicyclic) bond motifs is 5. The smallest absolute Gasteiger partial charge is 0.0619 e. The van der Waals surface area contributed by atoms with E-state index in [-0.39, 0.29) is 0 Å². The molecule has 0 bridgehead atoms. The standard InChI is InChI=1S/C37H28N4/c1-2-6-29(22-38)26-9-12-33-28(19-26)11-14-35-34-13-10-27(21-36(34)41(37(33)35)32-7-4-3-5-8-32)31-20-30(23-40-24-31)25-15-17-39-18-16-25/h2-17,19-24,38-39H,1,18H2/b29-6+,38-22?. The Morgan fingerprint density at radius 2 is 1.68 bits per heavy atom. The number of allylic oxidation sites excluding steroid dienone is 5. The first kappa shape index (κ1) is 24.6. The average molecular weight is 529 g/mol. The van der Waals surface area contributed by atoms with E-state index >= 15 is 0 Å². The van der Waals surface area contributed by atoms with Gasteiger partial charge in [-0.3, -0.25) is 4.98 Å². The summed E-state index contributed by atoms with van der Waals surface area (Å²) in [5.74, 6) is 0. The van der Waals surface area contributed by atoms with Crippen molar-refractivity contribution in [2.24, 2.45) is 0 Å². The third-order valence-electron chi connectivity index (χ3n) is 7.77. The molecule has 196 valence electrons. The minimum Gasteiger partial charge on any atom is -0.387 e. The van der Waals surface area contributed by atoms with Crippen LogP contribution in [-0.4, -0.2) is 22.3 Å². The Morgan fingerprint density at radius 3 is 2.49 bits per heavy atom. The number of nitrogens with zero attached hydrogens (tertiary/aromatic N) is 2. The molecule has 0 amide bonds. The van der Waals surface area contributed by atoms with Gasteiger partial charge in [-0.15, -0.1) is 0 Å². The molecule has 0 radical (unpaired) electrons. The van der Waals surface area contributed by atoms with Crippen LogP contribution in [0.15, 0.2) is 134 Å². The summed E-state index contributed by atoms with van der Waals surface area (Å²) in [6.07, 6.45) is 15.1. The summed E-state index contributed by atoms with van der Waals surface area (Å²) in [7, 11) is 0. The number of aromatic nitrogens is 2. The van der Waals surface area contributed by atoms with Gasteiger partial charge in [0.05, 0.1) is 11.0 Å². The zero-order chi connectivity index (χ0) is 27.8. The van der Waals surface area contributed by atoms with Crippen LogP contribution in [0.3, 0.4) is 0 Å². The Morgan fingerprint density at radius 1 is 0.854 bits per heavy atom. The highest BCUT2D eigenvalue weighted by Gasteiger charge is 2.17. The predicted octanol–water partition coefficient (Wildman–Crippen LogP) is 8.72. The number of dihydropyridines is 1. The van der Waals surface area contributed by atoms with E-state index in [0.717, 1.165) is 51.0 Å². The largest absolute Gasteiger partial charge is 0.387 e. The van der Waals surface area contributed by atoms with Gasteiger partial charge in [0.2, 0.25) is 0 Å². The lowest BCUT2D eigenvalue weighted by Crippen LogP contribution is -2.08. The molecular weight excluding hydrogens is 500 g/mol. The number of benzene rings is 4. The molecule has 0 aliphatic carbocycles. The van der Waals surface area contributed by atoms with E-state index in [4.69, 9.17) is 5.41 Å². The van der Waals surface area contributed by atoms with Crippen LogP contribution in [-0.2, 0) is 0 Å². The lowest BCUT2D eigenvalue weighted by molar-refractivity contribution is 0.975. The predicted molar refractivity (Wildman–Crippen MR) is 174 cm³/mol. The van der Waals surface area contributed by atoms with Crippen molar-refractivity contribution < 1.29 is 0 Å². The van der Waals surface area contributed by atoms with Crippen molar-refractivity contribution in [3.8, 4) is 16.8 Å². The molecule has 0 spiro atoms. The van der Waals surface area contributed by atoms with Gasteiger partial charge in [-0.2, -0.15) is 0 Å². The van der Waals surface area contributed by atoms with E-state index in [1.54, 1.807) is 6.08 Å². The normalized spacial score (nSPS) is 13.4. The molecule has 6 aromatic rings. The lowest BCUT2D eigenvalue weighted by atomic mass is 9.98. The Kier molecular flexibility index (Phi) is 6.14. The monoisotopic (exact) mass is 528 g/mol. The number of rotatable bonds is 6. The third-order valence-corrected chi connectivity index (χ3v) is 7.77. The molecule has 4 nitrogen and oxygen atoms in total. The van der Waals surface area contributed by atoms with Crippen LogP contribution in [0.5, 0.6) is 0 Å². The SMILES string of the molecule is C=C/C=C(\C=N)c1ccc2c(ccc3c4ccc(-c5cncc(C6=CCNC=C6)c5)cc4n(-c4ccccc4)c23)c1. The minimum absolute atomic E-state index is 0.821. The molecule has 2 aromatic heterocycles. The second kappa shape index (κ2) is 10.2. The van der Waals surface area contributed by atoms with Crippen LogP contribution in [0.25, 0.3) is 60.5 Å². The summed E-state index contributed by atoms with van der Waals surface area (Å²) >= 11 is 0. The van der Waals surface area contributed by atoms with Crippen LogP contribution in [0.2, 0.25) is 0 Å². The molecule has 4 aromatic carbocycles. The fourth-order valence-electron chi connectivity index (χ4n) is 5.82. The Hall–Kier alpha value is -5.48. The molecule has 0 unspecified atom stereocenters. The quantitative estimate of drug-likeness (QED) is 0.168. The molecule has 2 N–H and O–H groups in total. The minimum atomic E-state index is 0.821. The highest BCUT2D eigenvalue weighted by Crippen LogP contribution is 2.39. The fraction of sp³-hybridized carbons (Fsp3) is 0.0270. The topological polar surface area (TPSA) is 53.7 Å². The summed E-state index contributed by atoms with van der Waals surface area (Å²) < 4.78 is 2.38. The van der Waals surface area contributed by atoms with Crippen molar-refractivity contribution in [2.45, 2.75) is 0 Å². The van der Waals surface area contributed by atoms with Crippen LogP contribution >= 0.6 is 0 Å². The molecular formula is C37H28N4. The third kappa shape index (κ3) is 4.26. The van der Waals surface area contributed by atoms with Gasteiger partial charge in [-0.1, -0.05) is 79.4 Å². The summed E-state index contributed by atoms with van der Waals surface area (Å²) in [5, 5.41) is 15.8. The first-order chi connectivity index (χ1) is 20.2. The number of para-hydroxylation sites is 1. The van der Waals surface area contributed by atoms with E-state index in [1.165, 1.54) is 33.5 Å². The molecule has 0 fully saturated rings. The van der Waals surface area contributed by atoms with Gasteiger partial charge in [0.1, 0.15) is 0 Å². The zero-order valence-corrected chi connectivity index (χ0v) is 22.5. The maximum absolute atomic E-state index is 7.86. The highest BCUT2D eigenvalue weighted by atomic mass is 15.0. The average Bonchev–Trinajstić information content (AvgIpc) is 3.38. The molecule has 0 saturated carbocycles. The fourth-order valence-corrected chi connectivity index (χ4v) is 5.82. The van der Waals surface area contributed by atoms with Crippen molar-refractivity contribution in [1.82, 2.24) is 14.9 Å². The molecule has 1 aliphatic rings. The van der Waals surface area contributed by atoms with E-state index < -0.39 is 0 Å². The van der Waals surface area contributed by atoms with Gasteiger partial charge in [-0.05, 0) is 70.3 Å². The van der Waals surface area contributed by atoms with E-state index in [2.05, 4.69) is 119 Å². The summed E-state index contributed by atoms with van der Waals surface area (Å²) in [6.45, 7) is 4.63. The van der Waals surface area contributed by atoms with Crippen molar-refractivity contribution in [3.05, 3.63) is 146 Å². The summed E-state index contributed by atoms with van der Waals surface area (Å²) in [6, 6.07) is 30.4. The lowest BCUT2D eigenvalue weighted by Gasteiger charge is -2.12. The summed E-state index contributed by atoms with van der Waals surface area (Å²) in [5.41, 5.74) is 9.78. The van der Waals surface area contributed by atoms with Gasteiger partial charge < -0.3 is 15.3 Å². The number of nitrogens with one attached hydrogen (secondary N) is 2. The van der Waals surface area contributed by atoms with E-state index in [9.17, 15) is 0 Å². The molecule has 3 heterocycles. The van der Waals surface area contributed by atoms with Crippen molar-refractivity contribution in [3.63, 3.8) is 0 Å². The van der Waals surface area contributed by atoms with Crippen molar-refractivity contribution >= 4 is 49.9 Å². The number of hydrogen-bond acceptors (Lipinski definition) is 3. The molecule has 4 heteroatoms. The van der Waals surface area contributed by atoms with Gasteiger partial charge in [0.15, 0.2) is 0 Å². The second-order valence-electron chi connectivity index (χ2n) is 10.2. The molecule has 41 heavy (non-hydrogen) atoms. The Labute approximate surface area is 238 Å². The Balaban J connectivity index is 1.48. The van der Waals surface area contributed by atoms with Crippen molar-refractivity contribution in [1.29, 1.82) is 5.41 Å². The van der Waals surface area contributed by atoms with Crippen LogP contribution in [0, 0.1) is 5.41 Å². The van der Waals surface area contributed by atoms with E-state index in [1.807, 2.05) is 24.7 Å². The molecule has 0 saturated heterocycles. The van der Waals surface area contributed by atoms with Crippen LogP contribution in [0.1, 0.15) is 11.1 Å². The van der Waals surface area contributed by atoms with Gasteiger partial charge >= 0.3 is 0 Å². The number of hydrogen-bond donors (Lipinski definition) is 2. The van der Waals surface area contributed by atoms with Crippen LogP contribution < -0.4 is 5.32 Å². The first-order valence-electron chi connectivity index (χ1n) is 13.7. The maximum Gasteiger partial charge on any atom is 0.0619 e. The summed E-state index contributed by atoms with van der Waals surface area (Å²) in [4.78, 5) is 4.59. The zero-order valence-electron chi connectivity index (χ0n) is 22.5.